The number of rotatable bonds is 6. The molecule has 1 saturated carbocycles. The third-order valence-electron chi connectivity index (χ3n) is 5.12. The van der Waals surface area contributed by atoms with Gasteiger partial charge in [0.25, 0.3) is 0 Å². The first-order valence-corrected chi connectivity index (χ1v) is 9.42. The number of benzene rings is 2. The molecule has 1 aliphatic carbocycles. The number of carbonyl (C=O) groups excluding carboxylic acids is 2. The zero-order chi connectivity index (χ0) is 19.2. The van der Waals surface area contributed by atoms with Crippen molar-refractivity contribution in [2.24, 2.45) is 11.8 Å². The molecule has 0 aromatic heterocycles. The van der Waals surface area contributed by atoms with E-state index in [0.717, 1.165) is 36.4 Å². The molecular weight excluding hydrogens is 340 g/mol. The molecule has 0 saturated heterocycles. The van der Waals surface area contributed by atoms with Gasteiger partial charge >= 0.3 is 0 Å². The minimum atomic E-state index is -0.0886. The van der Waals surface area contributed by atoms with E-state index >= 15 is 0 Å². The monoisotopic (exact) mass is 366 g/mol. The highest BCUT2D eigenvalue weighted by Gasteiger charge is 2.29. The average Bonchev–Trinajstić information content (AvgIpc) is 2.70. The maximum absolute atomic E-state index is 12.5. The lowest BCUT2D eigenvalue weighted by molar-refractivity contribution is -0.125. The summed E-state index contributed by atoms with van der Waals surface area (Å²) < 4.78 is 5.82. The van der Waals surface area contributed by atoms with E-state index in [1.165, 1.54) is 0 Å². The van der Waals surface area contributed by atoms with Crippen LogP contribution in [0, 0.1) is 11.8 Å². The average molecular weight is 366 g/mol. The summed E-state index contributed by atoms with van der Waals surface area (Å²) in [6, 6.07) is 15.0. The van der Waals surface area contributed by atoms with Gasteiger partial charge in [0.2, 0.25) is 5.91 Å². The maximum Gasteiger partial charge on any atom is 0.227 e. The molecule has 3 rings (SSSR count). The Morgan fingerprint density at radius 2 is 1.44 bits per heavy atom. The number of nitrogens with one attached hydrogen (secondary N) is 2. The number of ketones is 1. The van der Waals surface area contributed by atoms with Crippen LogP contribution in [0.25, 0.3) is 0 Å². The van der Waals surface area contributed by atoms with E-state index in [1.54, 1.807) is 6.92 Å². The predicted molar refractivity (Wildman–Crippen MR) is 107 cm³/mol. The number of carbonyl (C=O) groups is 2. The molecule has 2 atom stereocenters. The summed E-state index contributed by atoms with van der Waals surface area (Å²) in [6.45, 7) is 1.62. The Kier molecular flexibility index (Phi) is 6.12. The largest absolute Gasteiger partial charge is 0.457 e. The zero-order valence-electron chi connectivity index (χ0n) is 15.8. The smallest absolute Gasteiger partial charge is 0.227 e. The van der Waals surface area contributed by atoms with E-state index in [9.17, 15) is 9.59 Å². The van der Waals surface area contributed by atoms with Crippen molar-refractivity contribution >= 4 is 23.1 Å². The Labute approximate surface area is 160 Å². The van der Waals surface area contributed by atoms with Crippen molar-refractivity contribution < 1.29 is 14.3 Å². The molecule has 1 amide bonds. The molecule has 2 unspecified atom stereocenters. The zero-order valence-corrected chi connectivity index (χ0v) is 15.8. The molecule has 1 aliphatic rings. The number of hydrogen-bond donors (Lipinski definition) is 2. The third kappa shape index (κ3) is 5.09. The Morgan fingerprint density at radius 3 is 2.00 bits per heavy atom. The lowest BCUT2D eigenvalue weighted by atomic mass is 9.79. The van der Waals surface area contributed by atoms with Crippen LogP contribution in [0.15, 0.2) is 48.5 Å². The Balaban J connectivity index is 1.56. The van der Waals surface area contributed by atoms with Crippen LogP contribution in [-0.4, -0.2) is 18.7 Å². The fourth-order valence-electron chi connectivity index (χ4n) is 3.47. The molecule has 27 heavy (non-hydrogen) atoms. The van der Waals surface area contributed by atoms with Crippen LogP contribution >= 0.6 is 0 Å². The topological polar surface area (TPSA) is 67.4 Å². The molecule has 0 aliphatic heterocycles. The van der Waals surface area contributed by atoms with Gasteiger partial charge in [-0.1, -0.05) is 6.42 Å². The summed E-state index contributed by atoms with van der Waals surface area (Å²) in [5, 5.41) is 6.03. The molecule has 0 spiro atoms. The summed E-state index contributed by atoms with van der Waals surface area (Å²) in [4.78, 5) is 24.1. The van der Waals surface area contributed by atoms with Crippen LogP contribution in [-0.2, 0) is 9.59 Å². The number of ether oxygens (including phenoxy) is 1. The number of anilines is 2. The highest BCUT2D eigenvalue weighted by atomic mass is 16.5. The summed E-state index contributed by atoms with van der Waals surface area (Å²) in [5.74, 6) is 1.59. The fourth-order valence-corrected chi connectivity index (χ4v) is 3.47. The van der Waals surface area contributed by atoms with Crippen LogP contribution in [0.1, 0.15) is 32.6 Å². The molecule has 2 aromatic carbocycles. The van der Waals surface area contributed by atoms with Crippen molar-refractivity contribution in [3.05, 3.63) is 48.5 Å². The van der Waals surface area contributed by atoms with Crippen LogP contribution in [0.4, 0.5) is 11.4 Å². The van der Waals surface area contributed by atoms with E-state index in [1.807, 2.05) is 55.6 Å². The van der Waals surface area contributed by atoms with Gasteiger partial charge in [0.05, 0.1) is 0 Å². The Morgan fingerprint density at radius 1 is 0.889 bits per heavy atom. The van der Waals surface area contributed by atoms with Gasteiger partial charge in [-0.15, -0.1) is 0 Å². The first-order chi connectivity index (χ1) is 13.0. The molecule has 2 aromatic rings. The van der Waals surface area contributed by atoms with Gasteiger partial charge in [0, 0.05) is 30.3 Å². The molecule has 0 heterocycles. The van der Waals surface area contributed by atoms with Crippen LogP contribution in [0.3, 0.4) is 0 Å². The molecule has 2 N–H and O–H groups in total. The van der Waals surface area contributed by atoms with E-state index in [-0.39, 0.29) is 23.5 Å². The summed E-state index contributed by atoms with van der Waals surface area (Å²) in [6.07, 6.45) is 3.34. The van der Waals surface area contributed by atoms with Gasteiger partial charge in [-0.25, -0.2) is 0 Å². The van der Waals surface area contributed by atoms with Crippen LogP contribution < -0.4 is 15.4 Å². The normalized spacial score (nSPS) is 19.2. The van der Waals surface area contributed by atoms with Gasteiger partial charge < -0.3 is 15.4 Å². The second kappa shape index (κ2) is 8.71. The molecule has 5 heteroatoms. The van der Waals surface area contributed by atoms with Crippen LogP contribution in [0.5, 0.6) is 11.5 Å². The van der Waals surface area contributed by atoms with Crippen molar-refractivity contribution in [1.82, 2.24) is 0 Å². The minimum Gasteiger partial charge on any atom is -0.457 e. The summed E-state index contributed by atoms with van der Waals surface area (Å²) in [5.41, 5.74) is 1.76. The van der Waals surface area contributed by atoms with Crippen molar-refractivity contribution in [3.63, 3.8) is 0 Å². The molecular formula is C22H26N2O3. The number of amides is 1. The van der Waals surface area contributed by atoms with Gasteiger partial charge in [-0.05, 0) is 74.7 Å². The van der Waals surface area contributed by atoms with Crippen LogP contribution in [0.2, 0.25) is 0 Å². The van der Waals surface area contributed by atoms with Crippen molar-refractivity contribution in [3.8, 4) is 11.5 Å². The quantitative estimate of drug-likeness (QED) is 0.766. The van der Waals surface area contributed by atoms with E-state index in [2.05, 4.69) is 10.6 Å². The SMILES string of the molecule is CNc1ccc(Oc2ccc(NC(=O)C3CCCC(C(C)=O)C3)cc2)cc1. The number of Topliss-reactive ketones (excluding diaryl/α,β-unsaturated/α-hetero) is 1. The van der Waals surface area contributed by atoms with E-state index in [0.29, 0.717) is 12.2 Å². The Hall–Kier alpha value is -2.82. The van der Waals surface area contributed by atoms with Gasteiger partial charge in [0.1, 0.15) is 17.3 Å². The van der Waals surface area contributed by atoms with Crippen molar-refractivity contribution in [2.45, 2.75) is 32.6 Å². The third-order valence-corrected chi connectivity index (χ3v) is 5.12. The minimum absolute atomic E-state index is 0.00253. The number of hydrogen-bond acceptors (Lipinski definition) is 4. The van der Waals surface area contributed by atoms with E-state index < -0.39 is 0 Å². The van der Waals surface area contributed by atoms with Gasteiger partial charge in [0.15, 0.2) is 0 Å². The fraction of sp³-hybridized carbons (Fsp3) is 0.364. The standard InChI is InChI=1S/C22H26N2O3/c1-15(25)16-4-3-5-17(14-16)22(26)24-19-8-12-21(13-9-19)27-20-10-6-18(23-2)7-11-20/h6-13,16-17,23H,3-5,14H2,1-2H3,(H,24,26). The molecule has 142 valence electrons. The first-order valence-electron chi connectivity index (χ1n) is 9.42. The van der Waals surface area contributed by atoms with Crippen molar-refractivity contribution in [2.75, 3.05) is 17.7 Å². The molecule has 1 fully saturated rings. The molecule has 0 bridgehead atoms. The van der Waals surface area contributed by atoms with Crippen molar-refractivity contribution in [1.29, 1.82) is 0 Å². The lowest BCUT2D eigenvalue weighted by Crippen LogP contribution is -2.30. The maximum atomic E-state index is 12.5. The molecule has 0 radical (unpaired) electrons. The second-order valence-electron chi connectivity index (χ2n) is 7.06. The predicted octanol–water partition coefficient (Wildman–Crippen LogP) is 4.85. The lowest BCUT2D eigenvalue weighted by Gasteiger charge is -2.26. The Bertz CT molecular complexity index is 784. The first kappa shape index (κ1) is 19.0. The van der Waals surface area contributed by atoms with Gasteiger partial charge in [-0.2, -0.15) is 0 Å². The highest BCUT2D eigenvalue weighted by molar-refractivity contribution is 5.93. The summed E-state index contributed by atoms with van der Waals surface area (Å²) in [7, 11) is 1.87. The highest BCUT2D eigenvalue weighted by Crippen LogP contribution is 2.31. The summed E-state index contributed by atoms with van der Waals surface area (Å²) >= 11 is 0. The molecule has 5 nitrogen and oxygen atoms in total. The van der Waals surface area contributed by atoms with Gasteiger partial charge in [-0.3, -0.25) is 9.59 Å². The van der Waals surface area contributed by atoms with E-state index in [4.69, 9.17) is 4.74 Å². The second-order valence-corrected chi connectivity index (χ2v) is 7.06.